The van der Waals surface area contributed by atoms with E-state index in [1.807, 2.05) is 12.2 Å². The first-order chi connectivity index (χ1) is 8.66. The van der Waals surface area contributed by atoms with Crippen LogP contribution in [0.4, 0.5) is 0 Å². The highest BCUT2D eigenvalue weighted by molar-refractivity contribution is 5.85. The summed E-state index contributed by atoms with van der Waals surface area (Å²) in [7, 11) is 0. The number of nitrogens with one attached hydrogen (secondary N) is 2. The van der Waals surface area contributed by atoms with E-state index in [4.69, 9.17) is 5.11 Å². The Kier molecular flexibility index (Phi) is 3.76. The second kappa shape index (κ2) is 5.48. The number of amides is 1. The minimum Gasteiger partial charge on any atom is -0.480 e. The van der Waals surface area contributed by atoms with Crippen LogP contribution in [0.3, 0.4) is 0 Å². The molecule has 0 fully saturated rings. The Hall–Kier alpha value is -2.11. The van der Waals surface area contributed by atoms with E-state index in [-0.39, 0.29) is 18.2 Å². The van der Waals surface area contributed by atoms with E-state index in [1.54, 1.807) is 6.20 Å². The van der Waals surface area contributed by atoms with Crippen molar-refractivity contribution in [1.29, 1.82) is 0 Å². The summed E-state index contributed by atoms with van der Waals surface area (Å²) in [5.41, 5.74) is 0.687. The molecule has 0 radical (unpaired) electrons. The van der Waals surface area contributed by atoms with Crippen molar-refractivity contribution in [3.8, 4) is 0 Å². The average molecular weight is 249 g/mol. The van der Waals surface area contributed by atoms with Gasteiger partial charge in [-0.25, -0.2) is 9.78 Å². The molecule has 1 aliphatic carbocycles. The molecule has 1 unspecified atom stereocenters. The Balaban J connectivity index is 1.93. The zero-order valence-electron chi connectivity index (χ0n) is 9.80. The van der Waals surface area contributed by atoms with Crippen LogP contribution >= 0.6 is 0 Å². The summed E-state index contributed by atoms with van der Waals surface area (Å²) < 4.78 is 0. The van der Waals surface area contributed by atoms with Gasteiger partial charge < -0.3 is 15.4 Å². The SMILES string of the molecule is O=C(NC(Cc1cnc[nH]1)C(=O)O)C1CC=CC1. The number of carboxylic acid groups (broad SMARTS) is 1. The van der Waals surface area contributed by atoms with Crippen LogP contribution in [-0.4, -0.2) is 33.0 Å². The summed E-state index contributed by atoms with van der Waals surface area (Å²) in [6.07, 6.45) is 8.49. The normalized spacial score (nSPS) is 16.7. The van der Waals surface area contributed by atoms with E-state index in [0.29, 0.717) is 18.5 Å². The van der Waals surface area contributed by atoms with E-state index in [2.05, 4.69) is 15.3 Å². The lowest BCUT2D eigenvalue weighted by atomic mass is 10.1. The molecule has 0 spiro atoms. The van der Waals surface area contributed by atoms with Crippen molar-refractivity contribution < 1.29 is 14.7 Å². The van der Waals surface area contributed by atoms with Crippen molar-refractivity contribution in [3.63, 3.8) is 0 Å². The molecule has 1 aromatic rings. The number of rotatable bonds is 5. The highest BCUT2D eigenvalue weighted by Gasteiger charge is 2.26. The summed E-state index contributed by atoms with van der Waals surface area (Å²) in [4.78, 5) is 29.6. The molecule has 1 heterocycles. The van der Waals surface area contributed by atoms with Crippen LogP contribution in [-0.2, 0) is 16.0 Å². The summed E-state index contributed by atoms with van der Waals surface area (Å²) in [6.45, 7) is 0. The monoisotopic (exact) mass is 249 g/mol. The van der Waals surface area contributed by atoms with Crippen LogP contribution in [0.25, 0.3) is 0 Å². The third-order valence-electron chi connectivity index (χ3n) is 2.97. The number of hydrogen-bond donors (Lipinski definition) is 3. The lowest BCUT2D eigenvalue weighted by Gasteiger charge is -2.16. The Morgan fingerprint density at radius 2 is 2.22 bits per heavy atom. The second-order valence-corrected chi connectivity index (χ2v) is 4.32. The van der Waals surface area contributed by atoms with Gasteiger partial charge in [0, 0.05) is 24.2 Å². The fraction of sp³-hybridized carbons (Fsp3) is 0.417. The van der Waals surface area contributed by atoms with Gasteiger partial charge in [0.25, 0.3) is 0 Å². The number of nitrogens with zero attached hydrogens (tertiary/aromatic N) is 1. The molecule has 18 heavy (non-hydrogen) atoms. The Bertz CT molecular complexity index is 445. The van der Waals surface area contributed by atoms with Crippen LogP contribution in [0.2, 0.25) is 0 Å². The van der Waals surface area contributed by atoms with Crippen molar-refractivity contribution in [1.82, 2.24) is 15.3 Å². The molecule has 1 atom stereocenters. The second-order valence-electron chi connectivity index (χ2n) is 4.32. The third kappa shape index (κ3) is 2.97. The Morgan fingerprint density at radius 3 is 2.78 bits per heavy atom. The van der Waals surface area contributed by atoms with Crippen molar-refractivity contribution in [2.75, 3.05) is 0 Å². The largest absolute Gasteiger partial charge is 0.480 e. The molecule has 1 aliphatic rings. The van der Waals surface area contributed by atoms with Gasteiger partial charge in [0.05, 0.1) is 6.33 Å². The minimum absolute atomic E-state index is 0.131. The van der Waals surface area contributed by atoms with Gasteiger partial charge >= 0.3 is 5.97 Å². The number of hydrogen-bond acceptors (Lipinski definition) is 3. The smallest absolute Gasteiger partial charge is 0.326 e. The number of imidazole rings is 1. The number of carbonyl (C=O) groups is 2. The molecule has 0 bridgehead atoms. The molecule has 0 aromatic carbocycles. The molecular formula is C12H15N3O3. The first-order valence-corrected chi connectivity index (χ1v) is 5.82. The van der Waals surface area contributed by atoms with Crippen LogP contribution in [0.1, 0.15) is 18.5 Å². The van der Waals surface area contributed by atoms with E-state index in [9.17, 15) is 9.59 Å². The minimum atomic E-state index is -1.04. The lowest BCUT2D eigenvalue weighted by Crippen LogP contribution is -2.44. The fourth-order valence-electron chi connectivity index (χ4n) is 1.94. The summed E-state index contributed by atoms with van der Waals surface area (Å²) in [5, 5.41) is 11.7. The lowest BCUT2D eigenvalue weighted by molar-refractivity contribution is -0.142. The summed E-state index contributed by atoms with van der Waals surface area (Å²) >= 11 is 0. The fourth-order valence-corrected chi connectivity index (χ4v) is 1.94. The molecule has 0 saturated carbocycles. The zero-order chi connectivity index (χ0) is 13.0. The zero-order valence-corrected chi connectivity index (χ0v) is 9.80. The molecule has 1 aromatic heterocycles. The molecule has 6 nitrogen and oxygen atoms in total. The maximum atomic E-state index is 11.8. The number of allylic oxidation sites excluding steroid dienone is 2. The standard InChI is InChI=1S/C12H15N3O3/c16-11(8-3-1-2-4-8)15-10(12(17)18)5-9-6-13-7-14-9/h1-2,6-8,10H,3-5H2,(H,13,14)(H,15,16)(H,17,18). The number of aliphatic carboxylic acids is 1. The summed E-state index contributed by atoms with van der Waals surface area (Å²) in [6, 6.07) is -0.918. The molecule has 1 amide bonds. The predicted molar refractivity (Wildman–Crippen MR) is 63.7 cm³/mol. The van der Waals surface area contributed by atoms with Crippen molar-refractivity contribution in [2.45, 2.75) is 25.3 Å². The Labute approximate surface area is 104 Å². The Morgan fingerprint density at radius 1 is 1.50 bits per heavy atom. The highest BCUT2D eigenvalue weighted by Crippen LogP contribution is 2.17. The molecule has 2 rings (SSSR count). The van der Waals surface area contributed by atoms with Gasteiger partial charge in [-0.2, -0.15) is 0 Å². The van der Waals surface area contributed by atoms with Gasteiger partial charge in [-0.1, -0.05) is 12.2 Å². The van der Waals surface area contributed by atoms with Gasteiger partial charge in [0.15, 0.2) is 0 Å². The molecule has 3 N–H and O–H groups in total. The van der Waals surface area contributed by atoms with Crippen LogP contribution < -0.4 is 5.32 Å². The quantitative estimate of drug-likeness (QED) is 0.662. The van der Waals surface area contributed by atoms with Gasteiger partial charge in [-0.15, -0.1) is 0 Å². The van der Waals surface area contributed by atoms with Gasteiger partial charge in [0.1, 0.15) is 6.04 Å². The number of carbonyl (C=O) groups excluding carboxylic acids is 1. The van der Waals surface area contributed by atoms with Crippen molar-refractivity contribution >= 4 is 11.9 Å². The van der Waals surface area contributed by atoms with Crippen molar-refractivity contribution in [2.24, 2.45) is 5.92 Å². The number of aromatic amines is 1. The van der Waals surface area contributed by atoms with E-state index >= 15 is 0 Å². The van der Waals surface area contributed by atoms with Gasteiger partial charge in [0.2, 0.25) is 5.91 Å². The van der Waals surface area contributed by atoms with E-state index in [0.717, 1.165) is 0 Å². The van der Waals surface area contributed by atoms with E-state index in [1.165, 1.54) is 6.33 Å². The predicted octanol–water partition coefficient (Wildman–Crippen LogP) is 0.488. The first kappa shape index (κ1) is 12.3. The first-order valence-electron chi connectivity index (χ1n) is 5.82. The number of carboxylic acids is 1. The van der Waals surface area contributed by atoms with E-state index < -0.39 is 12.0 Å². The third-order valence-corrected chi connectivity index (χ3v) is 2.97. The van der Waals surface area contributed by atoms with Crippen LogP contribution in [0.15, 0.2) is 24.7 Å². The summed E-state index contributed by atoms with van der Waals surface area (Å²) in [5.74, 6) is -1.37. The maximum Gasteiger partial charge on any atom is 0.326 e. The van der Waals surface area contributed by atoms with Gasteiger partial charge in [-0.05, 0) is 12.8 Å². The molecule has 96 valence electrons. The van der Waals surface area contributed by atoms with Crippen LogP contribution in [0, 0.1) is 5.92 Å². The van der Waals surface area contributed by atoms with Gasteiger partial charge in [-0.3, -0.25) is 4.79 Å². The molecule has 6 heteroatoms. The van der Waals surface area contributed by atoms with Crippen LogP contribution in [0.5, 0.6) is 0 Å². The average Bonchev–Trinajstić information content (AvgIpc) is 3.00. The molecular weight excluding hydrogens is 234 g/mol. The van der Waals surface area contributed by atoms with Crippen molar-refractivity contribution in [3.05, 3.63) is 30.4 Å². The molecule has 0 saturated heterocycles. The maximum absolute atomic E-state index is 11.8. The molecule has 0 aliphatic heterocycles. The number of aromatic nitrogens is 2. The topological polar surface area (TPSA) is 95.1 Å². The number of H-pyrrole nitrogens is 1. The highest BCUT2D eigenvalue weighted by atomic mass is 16.4.